The second-order valence-corrected chi connectivity index (χ2v) is 4.59. The lowest BCUT2D eigenvalue weighted by molar-refractivity contribution is -0.191. The van der Waals surface area contributed by atoms with Crippen LogP contribution < -0.4 is 14.2 Å². The van der Waals surface area contributed by atoms with Crippen LogP contribution in [0, 0.1) is 0 Å². The van der Waals surface area contributed by atoms with E-state index in [1.165, 1.54) is 6.20 Å². The summed E-state index contributed by atoms with van der Waals surface area (Å²) in [5, 5.41) is 10.0. The molecule has 8 nitrogen and oxygen atoms in total. The largest absolute Gasteiger partial charge is 0.454 e. The number of ether oxygens (including phenoxy) is 3. The Bertz CT molecular complexity index is 841. The fraction of sp³-hybridized carbons (Fsp3) is 0.0625. The third kappa shape index (κ3) is 3.40. The second kappa shape index (κ2) is 7.08. The van der Waals surface area contributed by atoms with Crippen LogP contribution >= 0.6 is 0 Å². The van der Waals surface area contributed by atoms with Crippen LogP contribution in [0.3, 0.4) is 0 Å². The molecule has 1 aliphatic heterocycles. The van der Waals surface area contributed by atoms with Crippen molar-refractivity contribution in [3.8, 4) is 34.3 Å². The zero-order chi connectivity index (χ0) is 16.8. The molecule has 0 radical (unpaired) electrons. The number of benzene rings is 2. The van der Waals surface area contributed by atoms with Gasteiger partial charge in [0.05, 0.1) is 0 Å². The molecular weight excluding hydrogens is 314 g/mol. The smallest absolute Gasteiger partial charge is 0.373 e. The molecule has 0 amide bonds. The van der Waals surface area contributed by atoms with E-state index in [4.69, 9.17) is 23.8 Å². The molecule has 3 aromatic rings. The molecule has 24 heavy (non-hydrogen) atoms. The molecule has 1 N–H and O–H groups in total. The Hall–Kier alpha value is -3.64. The van der Waals surface area contributed by atoms with Crippen molar-refractivity contribution < 1.29 is 23.8 Å². The highest BCUT2D eigenvalue weighted by atomic mass is 16.7. The van der Waals surface area contributed by atoms with E-state index in [1.54, 1.807) is 0 Å². The van der Waals surface area contributed by atoms with Crippen molar-refractivity contribution >= 4 is 6.15 Å². The molecular formula is C16H11N3O5. The molecule has 0 fully saturated rings. The van der Waals surface area contributed by atoms with Crippen molar-refractivity contribution in [2.75, 3.05) is 6.79 Å². The van der Waals surface area contributed by atoms with Gasteiger partial charge in [-0.2, -0.15) is 19.9 Å². The van der Waals surface area contributed by atoms with Gasteiger partial charge in [-0.1, -0.05) is 18.2 Å². The lowest BCUT2D eigenvalue weighted by Gasteiger charge is -2.05. The van der Waals surface area contributed by atoms with Gasteiger partial charge in [-0.3, -0.25) is 0 Å². The van der Waals surface area contributed by atoms with Crippen molar-refractivity contribution in [2.45, 2.75) is 0 Å². The summed E-state index contributed by atoms with van der Waals surface area (Å²) in [6, 6.07) is 13.6. The van der Waals surface area contributed by atoms with Crippen molar-refractivity contribution in [3.05, 3.63) is 48.7 Å². The van der Waals surface area contributed by atoms with E-state index in [2.05, 4.69) is 15.4 Å². The summed E-state index contributed by atoms with van der Waals surface area (Å²) in [5.74, 6) is 2.69. The molecule has 0 atom stereocenters. The van der Waals surface area contributed by atoms with Crippen LogP contribution in [0.5, 0.6) is 23.1 Å². The van der Waals surface area contributed by atoms with E-state index in [1.807, 2.05) is 42.5 Å². The number of fused-ring (bicyclic) bond motifs is 1. The van der Waals surface area contributed by atoms with E-state index >= 15 is 0 Å². The molecule has 0 aliphatic carbocycles. The first kappa shape index (κ1) is 15.3. The Morgan fingerprint density at radius 3 is 2.42 bits per heavy atom. The quantitative estimate of drug-likeness (QED) is 0.788. The molecule has 2 aromatic carbocycles. The summed E-state index contributed by atoms with van der Waals surface area (Å²) >= 11 is 0. The monoisotopic (exact) mass is 325 g/mol. The van der Waals surface area contributed by atoms with Crippen molar-refractivity contribution in [3.63, 3.8) is 0 Å². The SMILES string of the molecule is O=C=O.c1cc(-c2ccc3c(c2)OCO3)ccc1Oc1cn[nH]n1. The van der Waals surface area contributed by atoms with Gasteiger partial charge >= 0.3 is 6.15 Å². The molecule has 4 rings (SSSR count). The van der Waals surface area contributed by atoms with Gasteiger partial charge < -0.3 is 14.2 Å². The van der Waals surface area contributed by atoms with Crippen LogP contribution in [-0.4, -0.2) is 28.4 Å². The minimum Gasteiger partial charge on any atom is -0.454 e. The molecule has 1 aromatic heterocycles. The van der Waals surface area contributed by atoms with E-state index in [0.29, 0.717) is 11.6 Å². The summed E-state index contributed by atoms with van der Waals surface area (Å²) in [5.41, 5.74) is 2.13. The topological polar surface area (TPSA) is 103 Å². The number of carbonyl (C=O) groups excluding carboxylic acids is 2. The standard InChI is InChI=1S/C15H11N3O3.CO2/c1-4-12(21-15-8-16-18-17-15)5-2-10(1)11-3-6-13-14(7-11)20-9-19-13;2-1-3/h1-8H,9H2,(H,16,17,18);. The highest BCUT2D eigenvalue weighted by Crippen LogP contribution is 2.36. The molecule has 0 saturated carbocycles. The number of aromatic amines is 1. The number of nitrogens with zero attached hydrogens (tertiary/aromatic N) is 2. The minimum absolute atomic E-state index is 0.250. The number of aromatic nitrogens is 3. The Balaban J connectivity index is 0.000000526. The number of hydrogen-bond donors (Lipinski definition) is 1. The summed E-state index contributed by atoms with van der Waals surface area (Å²) in [7, 11) is 0. The Morgan fingerprint density at radius 2 is 1.71 bits per heavy atom. The van der Waals surface area contributed by atoms with Gasteiger partial charge in [-0.05, 0) is 35.4 Å². The average molecular weight is 325 g/mol. The Morgan fingerprint density at radius 1 is 1.00 bits per heavy atom. The van der Waals surface area contributed by atoms with Gasteiger partial charge in [0.2, 0.25) is 6.79 Å². The zero-order valence-electron chi connectivity index (χ0n) is 12.3. The molecule has 120 valence electrons. The van der Waals surface area contributed by atoms with Crippen molar-refractivity contribution in [1.29, 1.82) is 0 Å². The van der Waals surface area contributed by atoms with E-state index in [9.17, 15) is 0 Å². The highest BCUT2D eigenvalue weighted by Gasteiger charge is 2.13. The molecule has 0 saturated heterocycles. The summed E-state index contributed by atoms with van der Waals surface area (Å²) in [6.07, 6.45) is 1.77. The molecule has 0 unspecified atom stereocenters. The second-order valence-electron chi connectivity index (χ2n) is 4.59. The maximum absolute atomic E-state index is 8.12. The molecule has 2 heterocycles. The lowest BCUT2D eigenvalue weighted by atomic mass is 10.1. The normalized spacial score (nSPS) is 11.2. The summed E-state index contributed by atoms with van der Waals surface area (Å²) < 4.78 is 16.2. The van der Waals surface area contributed by atoms with Crippen LogP contribution in [0.25, 0.3) is 11.1 Å². The van der Waals surface area contributed by atoms with Gasteiger partial charge in [0, 0.05) is 0 Å². The van der Waals surface area contributed by atoms with Gasteiger partial charge in [0.15, 0.2) is 11.5 Å². The lowest BCUT2D eigenvalue weighted by Crippen LogP contribution is -1.92. The van der Waals surface area contributed by atoms with Crippen LogP contribution in [0.4, 0.5) is 0 Å². The molecule has 8 heteroatoms. The van der Waals surface area contributed by atoms with Crippen molar-refractivity contribution in [1.82, 2.24) is 15.4 Å². The van der Waals surface area contributed by atoms with E-state index < -0.39 is 0 Å². The highest BCUT2D eigenvalue weighted by molar-refractivity contribution is 5.68. The fourth-order valence-corrected chi connectivity index (χ4v) is 2.15. The van der Waals surface area contributed by atoms with Gasteiger partial charge in [-0.15, -0.1) is 5.10 Å². The predicted octanol–water partition coefficient (Wildman–Crippen LogP) is 2.41. The molecule has 0 bridgehead atoms. The third-order valence-corrected chi connectivity index (χ3v) is 3.18. The first-order valence-electron chi connectivity index (χ1n) is 6.83. The summed E-state index contributed by atoms with van der Waals surface area (Å²) in [4.78, 5) is 16.2. The maximum atomic E-state index is 8.12. The van der Waals surface area contributed by atoms with Crippen LogP contribution in [0.2, 0.25) is 0 Å². The molecule has 0 spiro atoms. The fourth-order valence-electron chi connectivity index (χ4n) is 2.15. The first-order chi connectivity index (χ1) is 11.8. The Kier molecular flexibility index (Phi) is 4.50. The average Bonchev–Trinajstić information content (AvgIpc) is 3.27. The van der Waals surface area contributed by atoms with Crippen LogP contribution in [0.15, 0.2) is 48.7 Å². The number of hydrogen-bond acceptors (Lipinski definition) is 7. The number of nitrogens with one attached hydrogen (secondary N) is 1. The van der Waals surface area contributed by atoms with Gasteiger partial charge in [0.25, 0.3) is 5.88 Å². The maximum Gasteiger partial charge on any atom is 0.373 e. The minimum atomic E-state index is 0.250. The van der Waals surface area contributed by atoms with E-state index in [0.717, 1.165) is 22.6 Å². The summed E-state index contributed by atoms with van der Waals surface area (Å²) in [6.45, 7) is 0.281. The van der Waals surface area contributed by atoms with Gasteiger partial charge in [-0.25, -0.2) is 0 Å². The van der Waals surface area contributed by atoms with E-state index in [-0.39, 0.29) is 12.9 Å². The third-order valence-electron chi connectivity index (χ3n) is 3.18. The van der Waals surface area contributed by atoms with Crippen LogP contribution in [-0.2, 0) is 9.59 Å². The Labute approximate surface area is 136 Å². The number of rotatable bonds is 3. The number of H-pyrrole nitrogens is 1. The van der Waals surface area contributed by atoms with Gasteiger partial charge in [0.1, 0.15) is 11.9 Å². The zero-order valence-corrected chi connectivity index (χ0v) is 12.3. The molecule has 1 aliphatic rings. The predicted molar refractivity (Wildman–Crippen MR) is 79.5 cm³/mol. The van der Waals surface area contributed by atoms with Crippen molar-refractivity contribution in [2.24, 2.45) is 0 Å². The first-order valence-corrected chi connectivity index (χ1v) is 6.83. The van der Waals surface area contributed by atoms with Crippen LogP contribution in [0.1, 0.15) is 0 Å².